The number of nitrogens with two attached hydrogens (primary N) is 2. The van der Waals surface area contributed by atoms with Gasteiger partial charge in [0, 0.05) is 24.9 Å². The molecule has 0 saturated carbocycles. The van der Waals surface area contributed by atoms with E-state index < -0.39 is 0 Å². The lowest BCUT2D eigenvalue weighted by atomic mass is 9.96. The standard InChI is InChI=1S/C14H20N2O2/c15-7-13(9-17)5-11-1-2-12(4-3-11)6-14(8-16)10-18/h1-4,9-10,13-14H,5-8,15-16H2. The van der Waals surface area contributed by atoms with Crippen molar-refractivity contribution in [3.05, 3.63) is 35.4 Å². The molecule has 2 unspecified atom stereocenters. The van der Waals surface area contributed by atoms with Gasteiger partial charge >= 0.3 is 0 Å². The van der Waals surface area contributed by atoms with Crippen LogP contribution in [0.15, 0.2) is 24.3 Å². The normalized spacial score (nSPS) is 13.9. The minimum Gasteiger partial charge on any atom is -0.330 e. The van der Waals surface area contributed by atoms with Crippen molar-refractivity contribution in [3.8, 4) is 0 Å². The number of hydrogen-bond donors (Lipinski definition) is 2. The zero-order valence-corrected chi connectivity index (χ0v) is 10.4. The molecule has 0 heterocycles. The van der Waals surface area contributed by atoms with Gasteiger partial charge in [0.15, 0.2) is 0 Å². The first-order valence-electron chi connectivity index (χ1n) is 6.12. The summed E-state index contributed by atoms with van der Waals surface area (Å²) in [5, 5.41) is 0. The van der Waals surface area contributed by atoms with Gasteiger partial charge in [-0.1, -0.05) is 24.3 Å². The molecule has 4 N–H and O–H groups in total. The van der Waals surface area contributed by atoms with E-state index in [1.165, 1.54) is 0 Å². The third-order valence-corrected chi connectivity index (χ3v) is 3.01. The van der Waals surface area contributed by atoms with Crippen molar-refractivity contribution in [1.29, 1.82) is 0 Å². The van der Waals surface area contributed by atoms with E-state index in [1.54, 1.807) is 0 Å². The zero-order chi connectivity index (χ0) is 13.4. The lowest BCUT2D eigenvalue weighted by Crippen LogP contribution is -2.18. The summed E-state index contributed by atoms with van der Waals surface area (Å²) in [5.74, 6) is -0.245. The van der Waals surface area contributed by atoms with Gasteiger partial charge in [-0.05, 0) is 24.0 Å². The fourth-order valence-corrected chi connectivity index (χ4v) is 1.79. The van der Waals surface area contributed by atoms with Gasteiger partial charge in [0.2, 0.25) is 0 Å². The number of aldehydes is 2. The third kappa shape index (κ3) is 4.39. The maximum atomic E-state index is 10.7. The molecule has 1 rings (SSSR count). The largest absolute Gasteiger partial charge is 0.330 e. The Labute approximate surface area is 107 Å². The summed E-state index contributed by atoms with van der Waals surface area (Å²) < 4.78 is 0. The molecule has 0 aromatic heterocycles. The highest BCUT2D eigenvalue weighted by atomic mass is 16.1. The lowest BCUT2D eigenvalue weighted by Gasteiger charge is -2.10. The quantitative estimate of drug-likeness (QED) is 0.649. The van der Waals surface area contributed by atoms with Gasteiger partial charge in [-0.3, -0.25) is 0 Å². The van der Waals surface area contributed by atoms with Crippen molar-refractivity contribution in [2.45, 2.75) is 12.8 Å². The van der Waals surface area contributed by atoms with Crippen LogP contribution in [-0.4, -0.2) is 25.7 Å². The van der Waals surface area contributed by atoms with Crippen LogP contribution >= 0.6 is 0 Å². The van der Waals surface area contributed by atoms with E-state index in [4.69, 9.17) is 11.5 Å². The molecule has 0 aliphatic heterocycles. The summed E-state index contributed by atoms with van der Waals surface area (Å²) in [6, 6.07) is 7.89. The Kier molecular flexibility index (Phi) is 6.25. The summed E-state index contributed by atoms with van der Waals surface area (Å²) in [5.41, 5.74) is 13.1. The third-order valence-electron chi connectivity index (χ3n) is 3.01. The molecule has 4 nitrogen and oxygen atoms in total. The Hall–Kier alpha value is -1.52. The van der Waals surface area contributed by atoms with Gasteiger partial charge in [-0.25, -0.2) is 0 Å². The molecule has 0 radical (unpaired) electrons. The van der Waals surface area contributed by atoms with E-state index in [0.717, 1.165) is 23.7 Å². The van der Waals surface area contributed by atoms with Crippen molar-refractivity contribution >= 4 is 12.6 Å². The molecular formula is C14H20N2O2. The van der Waals surface area contributed by atoms with E-state index in [-0.39, 0.29) is 11.8 Å². The fraction of sp³-hybridized carbons (Fsp3) is 0.429. The first-order valence-corrected chi connectivity index (χ1v) is 6.12. The predicted molar refractivity (Wildman–Crippen MR) is 71.1 cm³/mol. The fourth-order valence-electron chi connectivity index (χ4n) is 1.79. The molecule has 0 bridgehead atoms. The molecule has 0 fully saturated rings. The first-order chi connectivity index (χ1) is 8.73. The maximum absolute atomic E-state index is 10.7. The number of carbonyl (C=O) groups excluding carboxylic acids is 2. The van der Waals surface area contributed by atoms with Crippen molar-refractivity contribution in [1.82, 2.24) is 0 Å². The molecule has 0 saturated heterocycles. The van der Waals surface area contributed by atoms with Gasteiger partial charge in [-0.2, -0.15) is 0 Å². The number of benzene rings is 1. The highest BCUT2D eigenvalue weighted by Gasteiger charge is 2.08. The monoisotopic (exact) mass is 248 g/mol. The molecule has 4 heteroatoms. The van der Waals surface area contributed by atoms with Crippen LogP contribution in [0.2, 0.25) is 0 Å². The molecule has 0 amide bonds. The second kappa shape index (κ2) is 7.74. The molecule has 1 aromatic rings. The molecule has 0 spiro atoms. The van der Waals surface area contributed by atoms with Gasteiger partial charge < -0.3 is 21.1 Å². The molecule has 18 heavy (non-hydrogen) atoms. The second-order valence-electron chi connectivity index (χ2n) is 4.49. The van der Waals surface area contributed by atoms with E-state index in [2.05, 4.69) is 0 Å². The van der Waals surface area contributed by atoms with Gasteiger partial charge in [0.25, 0.3) is 0 Å². The van der Waals surface area contributed by atoms with E-state index >= 15 is 0 Å². The SMILES string of the molecule is NCC(C=O)Cc1ccc(CC(C=O)CN)cc1. The number of rotatable bonds is 8. The van der Waals surface area contributed by atoms with Crippen LogP contribution in [0.1, 0.15) is 11.1 Å². The van der Waals surface area contributed by atoms with Crippen LogP contribution < -0.4 is 11.5 Å². The Morgan fingerprint density at radius 3 is 1.39 bits per heavy atom. The molecule has 2 atom stereocenters. The lowest BCUT2D eigenvalue weighted by molar-refractivity contribution is -0.111. The van der Waals surface area contributed by atoms with Crippen LogP contribution in [0.4, 0.5) is 0 Å². The average Bonchev–Trinajstić information content (AvgIpc) is 2.43. The first kappa shape index (κ1) is 14.5. The van der Waals surface area contributed by atoms with Crippen molar-refractivity contribution < 1.29 is 9.59 Å². The number of carbonyl (C=O) groups is 2. The molecule has 98 valence electrons. The minimum atomic E-state index is -0.123. The Morgan fingerprint density at radius 2 is 1.17 bits per heavy atom. The molecule has 0 aliphatic carbocycles. The molecular weight excluding hydrogens is 228 g/mol. The van der Waals surface area contributed by atoms with Gasteiger partial charge in [0.05, 0.1) is 0 Å². The summed E-state index contributed by atoms with van der Waals surface area (Å²) in [7, 11) is 0. The van der Waals surface area contributed by atoms with E-state index in [1.807, 2.05) is 24.3 Å². The van der Waals surface area contributed by atoms with Crippen LogP contribution in [0.5, 0.6) is 0 Å². The predicted octanol–water partition coefficient (Wildman–Crippen LogP) is 0.319. The Balaban J connectivity index is 2.62. The van der Waals surface area contributed by atoms with Crippen LogP contribution in [-0.2, 0) is 22.4 Å². The zero-order valence-electron chi connectivity index (χ0n) is 10.4. The van der Waals surface area contributed by atoms with Crippen LogP contribution in [0, 0.1) is 11.8 Å². The van der Waals surface area contributed by atoms with Crippen molar-refractivity contribution in [2.24, 2.45) is 23.3 Å². The van der Waals surface area contributed by atoms with Crippen molar-refractivity contribution in [2.75, 3.05) is 13.1 Å². The van der Waals surface area contributed by atoms with E-state index in [9.17, 15) is 9.59 Å². The Bertz CT molecular complexity index is 339. The number of hydrogen-bond acceptors (Lipinski definition) is 4. The van der Waals surface area contributed by atoms with Gasteiger partial charge in [0.1, 0.15) is 12.6 Å². The average molecular weight is 248 g/mol. The molecule has 0 aliphatic rings. The van der Waals surface area contributed by atoms with E-state index in [0.29, 0.717) is 25.9 Å². The summed E-state index contributed by atoms with van der Waals surface area (Å²) in [6.07, 6.45) is 3.11. The minimum absolute atomic E-state index is 0.123. The maximum Gasteiger partial charge on any atom is 0.124 e. The topological polar surface area (TPSA) is 86.2 Å². The van der Waals surface area contributed by atoms with Crippen LogP contribution in [0.25, 0.3) is 0 Å². The van der Waals surface area contributed by atoms with Crippen LogP contribution in [0.3, 0.4) is 0 Å². The summed E-state index contributed by atoms with van der Waals surface area (Å²) in [6.45, 7) is 0.733. The Morgan fingerprint density at radius 1 is 0.833 bits per heavy atom. The highest BCUT2D eigenvalue weighted by Crippen LogP contribution is 2.11. The van der Waals surface area contributed by atoms with Gasteiger partial charge in [-0.15, -0.1) is 0 Å². The second-order valence-corrected chi connectivity index (χ2v) is 4.49. The smallest absolute Gasteiger partial charge is 0.124 e. The summed E-state index contributed by atoms with van der Waals surface area (Å²) >= 11 is 0. The highest BCUT2D eigenvalue weighted by molar-refractivity contribution is 5.55. The molecule has 1 aromatic carbocycles. The summed E-state index contributed by atoms with van der Waals surface area (Å²) in [4.78, 5) is 21.4. The van der Waals surface area contributed by atoms with Crippen molar-refractivity contribution in [3.63, 3.8) is 0 Å².